The van der Waals surface area contributed by atoms with E-state index in [1.165, 1.54) is 0 Å². The van der Waals surface area contributed by atoms with Crippen LogP contribution in [0.2, 0.25) is 0 Å². The summed E-state index contributed by atoms with van der Waals surface area (Å²) < 4.78 is 29.0. The predicted octanol–water partition coefficient (Wildman–Crippen LogP) is 4.65. The number of rotatable bonds is 6. The van der Waals surface area contributed by atoms with Crippen molar-refractivity contribution in [2.24, 2.45) is 0 Å². The van der Waals surface area contributed by atoms with E-state index in [1.54, 1.807) is 12.4 Å². The highest BCUT2D eigenvalue weighted by molar-refractivity contribution is 7.99. The molecule has 4 rings (SSSR count). The third-order valence-electron chi connectivity index (χ3n) is 4.40. The van der Waals surface area contributed by atoms with Crippen molar-refractivity contribution in [2.45, 2.75) is 12.1 Å². The second kappa shape index (κ2) is 9.05. The van der Waals surface area contributed by atoms with Gasteiger partial charge >= 0.3 is 0 Å². The summed E-state index contributed by atoms with van der Waals surface area (Å²) in [7, 11) is 0. The molecule has 6 nitrogen and oxygen atoms in total. The summed E-state index contributed by atoms with van der Waals surface area (Å²) in [4.78, 5) is 16.4. The molecule has 0 radical (unpaired) electrons. The molecule has 156 valence electrons. The molecule has 1 N–H and O–H groups in total. The van der Waals surface area contributed by atoms with Crippen molar-refractivity contribution >= 4 is 23.4 Å². The molecular formula is C22H17F2N5OS. The van der Waals surface area contributed by atoms with Crippen molar-refractivity contribution in [1.29, 1.82) is 0 Å². The van der Waals surface area contributed by atoms with Gasteiger partial charge in [0.2, 0.25) is 5.91 Å². The first-order valence-electron chi connectivity index (χ1n) is 9.32. The number of thioether (sulfide) groups is 1. The second-order valence-electron chi connectivity index (χ2n) is 6.67. The maximum atomic E-state index is 13.8. The summed E-state index contributed by atoms with van der Waals surface area (Å²) in [6.45, 7) is 1.99. The van der Waals surface area contributed by atoms with Crippen LogP contribution in [0.3, 0.4) is 0 Å². The summed E-state index contributed by atoms with van der Waals surface area (Å²) in [6.07, 6.45) is 3.33. The molecule has 0 fully saturated rings. The number of anilines is 1. The third kappa shape index (κ3) is 4.77. The summed E-state index contributed by atoms with van der Waals surface area (Å²) >= 11 is 1.14. The minimum Gasteiger partial charge on any atom is -0.323 e. The maximum Gasteiger partial charge on any atom is 0.234 e. The minimum atomic E-state index is -0.706. The van der Waals surface area contributed by atoms with Gasteiger partial charge in [0.25, 0.3) is 0 Å². The van der Waals surface area contributed by atoms with Crippen molar-refractivity contribution in [3.8, 4) is 17.1 Å². The Hall–Kier alpha value is -3.59. The van der Waals surface area contributed by atoms with Crippen LogP contribution in [0.15, 0.2) is 72.1 Å². The van der Waals surface area contributed by atoms with Gasteiger partial charge in [0.05, 0.1) is 11.4 Å². The molecule has 1 amide bonds. The number of carbonyl (C=O) groups is 1. The van der Waals surface area contributed by atoms with Crippen LogP contribution in [0.5, 0.6) is 0 Å². The van der Waals surface area contributed by atoms with Gasteiger partial charge in [-0.05, 0) is 43.3 Å². The molecule has 0 bridgehead atoms. The van der Waals surface area contributed by atoms with Crippen LogP contribution < -0.4 is 5.32 Å². The average Bonchev–Trinajstić information content (AvgIpc) is 3.20. The fraction of sp³-hybridized carbons (Fsp3) is 0.0909. The summed E-state index contributed by atoms with van der Waals surface area (Å²) in [5, 5.41) is 11.4. The van der Waals surface area contributed by atoms with Gasteiger partial charge in [-0.25, -0.2) is 8.78 Å². The number of nitrogens with zero attached hydrogens (tertiary/aromatic N) is 4. The lowest BCUT2D eigenvalue weighted by molar-refractivity contribution is -0.113. The summed E-state index contributed by atoms with van der Waals surface area (Å²) in [5.74, 6) is -1.28. The number of pyridine rings is 1. The van der Waals surface area contributed by atoms with E-state index in [9.17, 15) is 13.6 Å². The number of hydrogen-bond donors (Lipinski definition) is 1. The number of halogens is 2. The first-order chi connectivity index (χ1) is 15.0. The Morgan fingerprint density at radius 2 is 1.77 bits per heavy atom. The maximum absolute atomic E-state index is 13.8. The lowest BCUT2D eigenvalue weighted by atomic mass is 10.2. The molecule has 0 aliphatic carbocycles. The Bertz CT molecular complexity index is 1210. The molecule has 0 saturated carbocycles. The average molecular weight is 437 g/mol. The quantitative estimate of drug-likeness (QED) is 0.445. The van der Waals surface area contributed by atoms with Crippen molar-refractivity contribution in [3.05, 3.63) is 84.2 Å². The smallest absolute Gasteiger partial charge is 0.234 e. The normalized spacial score (nSPS) is 10.8. The predicted molar refractivity (Wildman–Crippen MR) is 115 cm³/mol. The van der Waals surface area contributed by atoms with E-state index in [0.717, 1.165) is 46.8 Å². The van der Waals surface area contributed by atoms with Crippen molar-refractivity contribution in [3.63, 3.8) is 0 Å². The van der Waals surface area contributed by atoms with Crippen LogP contribution in [0, 0.1) is 18.6 Å². The van der Waals surface area contributed by atoms with Gasteiger partial charge in [0, 0.05) is 29.7 Å². The van der Waals surface area contributed by atoms with Crippen LogP contribution in [-0.4, -0.2) is 31.4 Å². The highest BCUT2D eigenvalue weighted by Gasteiger charge is 2.18. The standard InChI is InChI=1S/C22H17F2N5OS/c1-14-2-5-17(6-3-14)29-21(15-8-10-25-11-9-15)27-28-22(29)31-13-20(30)26-19-12-16(23)4-7-18(19)24/h2-12H,13H2,1H3,(H,26,30). The zero-order chi connectivity index (χ0) is 21.8. The van der Waals surface area contributed by atoms with E-state index in [-0.39, 0.29) is 11.4 Å². The number of aryl methyl sites for hydroxylation is 1. The van der Waals surface area contributed by atoms with Crippen molar-refractivity contribution in [1.82, 2.24) is 19.7 Å². The lowest BCUT2D eigenvalue weighted by Gasteiger charge is -2.11. The Morgan fingerprint density at radius 1 is 1.03 bits per heavy atom. The zero-order valence-electron chi connectivity index (χ0n) is 16.4. The Morgan fingerprint density at radius 3 is 2.52 bits per heavy atom. The Kier molecular flexibility index (Phi) is 6.03. The molecule has 0 atom stereocenters. The highest BCUT2D eigenvalue weighted by atomic mass is 32.2. The topological polar surface area (TPSA) is 72.7 Å². The number of amides is 1. The molecule has 2 aromatic heterocycles. The van der Waals surface area contributed by atoms with Crippen LogP contribution in [0.4, 0.5) is 14.5 Å². The van der Waals surface area contributed by atoms with Gasteiger partial charge in [-0.1, -0.05) is 29.5 Å². The molecule has 0 aliphatic heterocycles. The van der Waals surface area contributed by atoms with E-state index < -0.39 is 17.5 Å². The summed E-state index contributed by atoms with van der Waals surface area (Å²) in [5.41, 5.74) is 2.55. The molecule has 0 aliphatic rings. The molecule has 2 heterocycles. The molecular weight excluding hydrogens is 420 g/mol. The van der Waals surface area contributed by atoms with E-state index >= 15 is 0 Å². The molecule has 9 heteroatoms. The van der Waals surface area contributed by atoms with Crippen LogP contribution >= 0.6 is 11.8 Å². The number of hydrogen-bond acceptors (Lipinski definition) is 5. The fourth-order valence-corrected chi connectivity index (χ4v) is 3.64. The number of carbonyl (C=O) groups excluding carboxylic acids is 1. The van der Waals surface area contributed by atoms with Crippen LogP contribution in [0.1, 0.15) is 5.56 Å². The highest BCUT2D eigenvalue weighted by Crippen LogP contribution is 2.28. The monoisotopic (exact) mass is 437 g/mol. The number of benzene rings is 2. The first-order valence-corrected chi connectivity index (χ1v) is 10.3. The van der Waals surface area contributed by atoms with Gasteiger partial charge in [-0.3, -0.25) is 14.3 Å². The van der Waals surface area contributed by atoms with E-state index in [1.807, 2.05) is 47.9 Å². The zero-order valence-corrected chi connectivity index (χ0v) is 17.2. The lowest BCUT2D eigenvalue weighted by Crippen LogP contribution is -2.15. The van der Waals surface area contributed by atoms with Gasteiger partial charge < -0.3 is 5.32 Å². The molecule has 0 unspecified atom stereocenters. The van der Waals surface area contributed by atoms with Crippen LogP contribution in [-0.2, 0) is 4.79 Å². The van der Waals surface area contributed by atoms with Crippen molar-refractivity contribution < 1.29 is 13.6 Å². The molecule has 2 aromatic carbocycles. The van der Waals surface area contributed by atoms with Gasteiger partial charge in [-0.2, -0.15) is 0 Å². The van der Waals surface area contributed by atoms with E-state index in [2.05, 4.69) is 20.5 Å². The Labute approximate surface area is 181 Å². The second-order valence-corrected chi connectivity index (χ2v) is 7.62. The molecule has 0 saturated heterocycles. The largest absolute Gasteiger partial charge is 0.323 e. The van der Waals surface area contributed by atoms with Gasteiger partial charge in [0.15, 0.2) is 11.0 Å². The number of aromatic nitrogens is 4. The first kappa shape index (κ1) is 20.7. The SMILES string of the molecule is Cc1ccc(-n2c(SCC(=O)Nc3cc(F)ccc3F)nnc2-c2ccncc2)cc1. The van der Waals surface area contributed by atoms with Gasteiger partial charge in [-0.15, -0.1) is 10.2 Å². The van der Waals surface area contributed by atoms with E-state index in [4.69, 9.17) is 0 Å². The molecule has 0 spiro atoms. The van der Waals surface area contributed by atoms with Gasteiger partial charge in [0.1, 0.15) is 11.6 Å². The third-order valence-corrected chi connectivity index (χ3v) is 5.33. The molecule has 31 heavy (non-hydrogen) atoms. The Balaban J connectivity index is 1.59. The summed E-state index contributed by atoms with van der Waals surface area (Å²) in [6, 6.07) is 14.4. The molecule has 4 aromatic rings. The van der Waals surface area contributed by atoms with Crippen molar-refractivity contribution in [2.75, 3.05) is 11.1 Å². The van der Waals surface area contributed by atoms with Crippen LogP contribution in [0.25, 0.3) is 17.1 Å². The van der Waals surface area contributed by atoms with E-state index in [0.29, 0.717) is 11.0 Å². The number of nitrogens with one attached hydrogen (secondary N) is 1. The minimum absolute atomic E-state index is 0.0592. The fourth-order valence-electron chi connectivity index (χ4n) is 2.89.